The molecule has 0 saturated carbocycles. The molecule has 1 amide bonds. The van der Waals surface area contributed by atoms with Gasteiger partial charge in [-0.3, -0.25) is 9.59 Å². The second-order valence-corrected chi connectivity index (χ2v) is 5.19. The molecule has 1 atom stereocenters. The van der Waals surface area contributed by atoms with E-state index in [2.05, 4.69) is 5.32 Å². The van der Waals surface area contributed by atoms with Crippen LogP contribution in [0.4, 0.5) is 0 Å². The quantitative estimate of drug-likeness (QED) is 0.733. The van der Waals surface area contributed by atoms with E-state index in [1.807, 2.05) is 27.7 Å². The maximum Gasteiger partial charge on any atom is 0.305 e. The van der Waals surface area contributed by atoms with Gasteiger partial charge in [0, 0.05) is 12.5 Å². The molecule has 4 nitrogen and oxygen atoms in total. The minimum absolute atomic E-state index is 0.0264. The second-order valence-electron chi connectivity index (χ2n) is 5.19. The number of carbonyl (C=O) groups excluding carboxylic acids is 1. The van der Waals surface area contributed by atoms with Gasteiger partial charge in [-0.05, 0) is 11.8 Å². The van der Waals surface area contributed by atoms with Crippen LogP contribution in [0.15, 0.2) is 0 Å². The maximum atomic E-state index is 11.5. The molecule has 0 aromatic rings. The van der Waals surface area contributed by atoms with Crippen molar-refractivity contribution in [3.63, 3.8) is 0 Å². The average Bonchev–Trinajstić information content (AvgIpc) is 2.11. The van der Waals surface area contributed by atoms with Crippen LogP contribution in [0.3, 0.4) is 0 Å². The van der Waals surface area contributed by atoms with Crippen LogP contribution in [0, 0.1) is 5.41 Å². The summed E-state index contributed by atoms with van der Waals surface area (Å²) < 4.78 is 0. The molecule has 0 rings (SSSR count). The van der Waals surface area contributed by atoms with E-state index in [9.17, 15) is 9.59 Å². The predicted octanol–water partition coefficient (Wildman–Crippen LogP) is 2.18. The van der Waals surface area contributed by atoms with E-state index in [4.69, 9.17) is 5.11 Å². The number of hydrogen-bond acceptors (Lipinski definition) is 2. The Morgan fingerprint density at radius 1 is 1.31 bits per heavy atom. The number of nitrogens with one attached hydrogen (secondary N) is 1. The predicted molar refractivity (Wildman–Crippen MR) is 63.2 cm³/mol. The van der Waals surface area contributed by atoms with Gasteiger partial charge in [-0.2, -0.15) is 0 Å². The van der Waals surface area contributed by atoms with Gasteiger partial charge in [-0.1, -0.05) is 34.1 Å². The van der Waals surface area contributed by atoms with Crippen LogP contribution in [0.5, 0.6) is 0 Å². The first-order valence-corrected chi connectivity index (χ1v) is 5.78. The van der Waals surface area contributed by atoms with Crippen LogP contribution in [0.2, 0.25) is 0 Å². The Labute approximate surface area is 97.4 Å². The molecule has 0 aliphatic rings. The fraction of sp³-hybridized carbons (Fsp3) is 0.833. The molecule has 94 valence electrons. The molecule has 0 aliphatic heterocycles. The van der Waals surface area contributed by atoms with Gasteiger partial charge in [0.05, 0.1) is 6.42 Å². The Morgan fingerprint density at radius 3 is 2.25 bits per heavy atom. The molecule has 4 heteroatoms. The molecule has 1 unspecified atom stereocenters. The van der Waals surface area contributed by atoms with Crippen molar-refractivity contribution in [1.29, 1.82) is 0 Å². The zero-order valence-corrected chi connectivity index (χ0v) is 10.7. The van der Waals surface area contributed by atoms with Gasteiger partial charge in [0.15, 0.2) is 0 Å². The highest BCUT2D eigenvalue weighted by atomic mass is 16.4. The highest BCUT2D eigenvalue weighted by molar-refractivity contribution is 5.77. The van der Waals surface area contributed by atoms with Gasteiger partial charge in [0.25, 0.3) is 0 Å². The number of unbranched alkanes of at least 4 members (excludes halogenated alkanes) is 1. The number of aliphatic carboxylic acids is 1. The highest BCUT2D eigenvalue weighted by Gasteiger charge is 2.28. The number of carbonyl (C=O) groups is 2. The summed E-state index contributed by atoms with van der Waals surface area (Å²) in [6.07, 6.45) is 2.26. The van der Waals surface area contributed by atoms with Gasteiger partial charge in [-0.25, -0.2) is 0 Å². The van der Waals surface area contributed by atoms with Gasteiger partial charge in [0.1, 0.15) is 0 Å². The van der Waals surface area contributed by atoms with E-state index >= 15 is 0 Å². The van der Waals surface area contributed by atoms with Gasteiger partial charge in [0.2, 0.25) is 5.91 Å². The number of rotatable bonds is 6. The fourth-order valence-corrected chi connectivity index (χ4v) is 1.35. The second kappa shape index (κ2) is 6.51. The molecule has 0 aromatic carbocycles. The molecule has 0 spiro atoms. The zero-order valence-electron chi connectivity index (χ0n) is 10.7. The Balaban J connectivity index is 4.32. The number of carboxylic acids is 1. The number of hydrogen-bond donors (Lipinski definition) is 2. The van der Waals surface area contributed by atoms with E-state index in [-0.39, 0.29) is 23.8 Å². The standard InChI is InChI=1S/C12H23NO3/c1-5-6-7-10(14)13-9(8-11(15)16)12(2,3)4/h9H,5-8H2,1-4H3,(H,13,14)(H,15,16). The third-order valence-electron chi connectivity index (χ3n) is 2.52. The van der Waals surface area contributed by atoms with Gasteiger partial charge < -0.3 is 10.4 Å². The smallest absolute Gasteiger partial charge is 0.305 e. The first-order chi connectivity index (χ1) is 7.27. The molecule has 0 heterocycles. The van der Waals surface area contributed by atoms with Crippen LogP contribution < -0.4 is 5.32 Å². The van der Waals surface area contributed by atoms with E-state index in [0.29, 0.717) is 6.42 Å². The zero-order chi connectivity index (χ0) is 12.8. The monoisotopic (exact) mass is 229 g/mol. The van der Waals surface area contributed by atoms with Crippen molar-refractivity contribution >= 4 is 11.9 Å². The van der Waals surface area contributed by atoms with E-state index in [1.165, 1.54) is 0 Å². The Hall–Kier alpha value is -1.06. The Morgan fingerprint density at radius 2 is 1.88 bits per heavy atom. The third-order valence-corrected chi connectivity index (χ3v) is 2.52. The summed E-state index contributed by atoms with van der Waals surface area (Å²) in [5.74, 6) is -0.932. The minimum atomic E-state index is -0.879. The lowest BCUT2D eigenvalue weighted by atomic mass is 9.84. The fourth-order valence-electron chi connectivity index (χ4n) is 1.35. The van der Waals surface area contributed by atoms with Crippen molar-refractivity contribution in [3.8, 4) is 0 Å². The largest absolute Gasteiger partial charge is 0.481 e. The molecule has 0 aromatic heterocycles. The number of carboxylic acid groups (broad SMARTS) is 1. The summed E-state index contributed by atoms with van der Waals surface area (Å²) >= 11 is 0. The molecule has 0 fully saturated rings. The van der Waals surface area contributed by atoms with E-state index in [0.717, 1.165) is 12.8 Å². The van der Waals surface area contributed by atoms with E-state index < -0.39 is 5.97 Å². The third kappa shape index (κ3) is 6.43. The minimum Gasteiger partial charge on any atom is -0.481 e. The van der Waals surface area contributed by atoms with Crippen LogP contribution in [0.1, 0.15) is 53.4 Å². The lowest BCUT2D eigenvalue weighted by Gasteiger charge is -2.30. The Kier molecular flexibility index (Phi) is 6.08. The molecule has 0 bridgehead atoms. The summed E-state index contributed by atoms with van der Waals surface area (Å²) in [5.41, 5.74) is -0.236. The molecule has 2 N–H and O–H groups in total. The Bertz CT molecular complexity index is 243. The van der Waals surface area contributed by atoms with Crippen molar-refractivity contribution in [2.75, 3.05) is 0 Å². The molecule has 16 heavy (non-hydrogen) atoms. The van der Waals surface area contributed by atoms with Crippen molar-refractivity contribution in [2.45, 2.75) is 59.4 Å². The lowest BCUT2D eigenvalue weighted by Crippen LogP contribution is -2.44. The van der Waals surface area contributed by atoms with Crippen LogP contribution in [0.25, 0.3) is 0 Å². The van der Waals surface area contributed by atoms with Gasteiger partial charge in [-0.15, -0.1) is 0 Å². The van der Waals surface area contributed by atoms with Crippen molar-refractivity contribution < 1.29 is 14.7 Å². The van der Waals surface area contributed by atoms with Crippen molar-refractivity contribution in [2.24, 2.45) is 5.41 Å². The average molecular weight is 229 g/mol. The summed E-state index contributed by atoms with van der Waals surface area (Å²) in [6, 6.07) is -0.311. The summed E-state index contributed by atoms with van der Waals surface area (Å²) in [5, 5.41) is 11.6. The lowest BCUT2D eigenvalue weighted by molar-refractivity contribution is -0.138. The van der Waals surface area contributed by atoms with Crippen LogP contribution in [-0.4, -0.2) is 23.0 Å². The molecular weight excluding hydrogens is 206 g/mol. The number of amides is 1. The molecule has 0 aliphatic carbocycles. The van der Waals surface area contributed by atoms with Gasteiger partial charge >= 0.3 is 5.97 Å². The summed E-state index contributed by atoms with van der Waals surface area (Å²) in [4.78, 5) is 22.2. The first-order valence-electron chi connectivity index (χ1n) is 5.78. The molecule has 0 radical (unpaired) electrons. The maximum absolute atomic E-state index is 11.5. The SMILES string of the molecule is CCCCC(=O)NC(CC(=O)O)C(C)(C)C. The van der Waals surface area contributed by atoms with E-state index in [1.54, 1.807) is 0 Å². The summed E-state index contributed by atoms with van der Waals surface area (Å²) in [6.45, 7) is 7.81. The van der Waals surface area contributed by atoms with Crippen molar-refractivity contribution in [3.05, 3.63) is 0 Å². The highest BCUT2D eigenvalue weighted by Crippen LogP contribution is 2.22. The van der Waals surface area contributed by atoms with Crippen LogP contribution in [-0.2, 0) is 9.59 Å². The summed E-state index contributed by atoms with van der Waals surface area (Å²) in [7, 11) is 0. The normalized spacial score (nSPS) is 13.2. The molecule has 0 saturated heterocycles. The topological polar surface area (TPSA) is 66.4 Å². The first kappa shape index (κ1) is 14.9. The molecular formula is C12H23NO3. The van der Waals surface area contributed by atoms with Crippen LogP contribution >= 0.6 is 0 Å². The van der Waals surface area contributed by atoms with Crippen molar-refractivity contribution in [1.82, 2.24) is 5.32 Å².